The third-order valence-electron chi connectivity index (χ3n) is 4.25. The smallest absolute Gasteiger partial charge is 0.322 e. The molecule has 0 radical (unpaired) electrons. The van der Waals surface area contributed by atoms with Crippen molar-refractivity contribution in [2.45, 2.75) is 12.3 Å². The van der Waals surface area contributed by atoms with Crippen LogP contribution in [0, 0.1) is 0 Å². The van der Waals surface area contributed by atoms with Gasteiger partial charge in [-0.15, -0.1) is 0 Å². The van der Waals surface area contributed by atoms with Crippen LogP contribution in [-0.2, 0) is 20.7 Å². The number of nitrogens with zero attached hydrogens (tertiary/aromatic N) is 1. The predicted molar refractivity (Wildman–Crippen MR) is 90.3 cm³/mol. The molecule has 3 rings (SSSR count). The molecule has 0 saturated carbocycles. The van der Waals surface area contributed by atoms with Gasteiger partial charge in [0.2, 0.25) is 5.91 Å². The van der Waals surface area contributed by atoms with Crippen LogP contribution in [0.4, 0.5) is 5.69 Å². The highest BCUT2D eigenvalue weighted by Crippen LogP contribution is 2.40. The SMILES string of the molecule is COC(=O)C1C(=O)N(CCc2ccccc2)c2ccc(OC)cc21. The molecule has 1 atom stereocenters. The third kappa shape index (κ3) is 2.85. The van der Waals surface area contributed by atoms with Crippen molar-refractivity contribution < 1.29 is 19.1 Å². The van der Waals surface area contributed by atoms with E-state index in [1.807, 2.05) is 36.4 Å². The molecule has 0 bridgehead atoms. The standard InChI is InChI=1S/C19H19NO4/c1-23-14-8-9-16-15(12-14)17(19(22)24-2)18(21)20(16)11-10-13-6-4-3-5-7-13/h3-9,12,17H,10-11H2,1-2H3. The maximum atomic E-state index is 12.8. The van der Waals surface area contributed by atoms with Gasteiger partial charge >= 0.3 is 5.97 Å². The minimum atomic E-state index is -0.920. The Bertz CT molecular complexity index is 757. The van der Waals surface area contributed by atoms with Crippen LogP contribution >= 0.6 is 0 Å². The summed E-state index contributed by atoms with van der Waals surface area (Å²) in [4.78, 5) is 26.5. The lowest BCUT2D eigenvalue weighted by Crippen LogP contribution is -2.33. The zero-order chi connectivity index (χ0) is 17.1. The first-order chi connectivity index (χ1) is 11.7. The summed E-state index contributed by atoms with van der Waals surface area (Å²) in [5, 5.41) is 0. The fraction of sp³-hybridized carbons (Fsp3) is 0.263. The maximum absolute atomic E-state index is 12.8. The van der Waals surface area contributed by atoms with E-state index in [0.717, 1.165) is 11.3 Å². The van der Waals surface area contributed by atoms with Gasteiger partial charge in [-0.25, -0.2) is 0 Å². The average molecular weight is 325 g/mol. The number of hydrogen-bond donors (Lipinski definition) is 0. The van der Waals surface area contributed by atoms with E-state index < -0.39 is 11.9 Å². The molecule has 0 spiro atoms. The second kappa shape index (κ2) is 6.74. The molecule has 1 unspecified atom stereocenters. The molecule has 5 heteroatoms. The van der Waals surface area contributed by atoms with Gasteiger partial charge in [-0.1, -0.05) is 30.3 Å². The molecule has 1 aliphatic heterocycles. The van der Waals surface area contributed by atoms with Crippen LogP contribution in [0.3, 0.4) is 0 Å². The van der Waals surface area contributed by atoms with Gasteiger partial charge in [0.1, 0.15) is 5.75 Å². The monoisotopic (exact) mass is 325 g/mol. The number of hydrogen-bond acceptors (Lipinski definition) is 4. The van der Waals surface area contributed by atoms with Crippen molar-refractivity contribution in [1.82, 2.24) is 0 Å². The second-order valence-corrected chi connectivity index (χ2v) is 5.61. The number of rotatable bonds is 5. The van der Waals surface area contributed by atoms with Gasteiger partial charge in [0.15, 0.2) is 5.92 Å². The van der Waals surface area contributed by atoms with Crippen LogP contribution < -0.4 is 9.64 Å². The van der Waals surface area contributed by atoms with Gasteiger partial charge in [-0.3, -0.25) is 9.59 Å². The number of carbonyl (C=O) groups excluding carboxylic acids is 2. The number of methoxy groups -OCH3 is 2. The lowest BCUT2D eigenvalue weighted by atomic mass is 10.0. The van der Waals surface area contributed by atoms with E-state index in [0.29, 0.717) is 24.3 Å². The van der Waals surface area contributed by atoms with Gasteiger partial charge in [0.05, 0.1) is 14.2 Å². The first-order valence-electron chi connectivity index (χ1n) is 7.76. The number of anilines is 1. The highest BCUT2D eigenvalue weighted by molar-refractivity contribution is 6.16. The van der Waals surface area contributed by atoms with Gasteiger partial charge in [-0.05, 0) is 30.2 Å². The van der Waals surface area contributed by atoms with Crippen molar-refractivity contribution in [2.24, 2.45) is 0 Å². The Morgan fingerprint density at radius 3 is 2.54 bits per heavy atom. The minimum Gasteiger partial charge on any atom is -0.497 e. The van der Waals surface area contributed by atoms with Crippen molar-refractivity contribution >= 4 is 17.6 Å². The van der Waals surface area contributed by atoms with Crippen LogP contribution in [0.15, 0.2) is 48.5 Å². The van der Waals surface area contributed by atoms with Crippen LogP contribution in [0.5, 0.6) is 5.75 Å². The summed E-state index contributed by atoms with van der Waals surface area (Å²) >= 11 is 0. The van der Waals surface area contributed by atoms with E-state index in [2.05, 4.69) is 0 Å². The summed E-state index contributed by atoms with van der Waals surface area (Å²) in [6, 6.07) is 15.3. The third-order valence-corrected chi connectivity index (χ3v) is 4.25. The fourth-order valence-electron chi connectivity index (χ4n) is 3.01. The molecule has 2 aromatic carbocycles. The number of fused-ring (bicyclic) bond motifs is 1. The van der Waals surface area contributed by atoms with E-state index in [1.165, 1.54) is 7.11 Å². The molecule has 124 valence electrons. The van der Waals surface area contributed by atoms with E-state index in [1.54, 1.807) is 24.1 Å². The van der Waals surface area contributed by atoms with E-state index in [-0.39, 0.29) is 5.91 Å². The zero-order valence-corrected chi connectivity index (χ0v) is 13.7. The Hall–Kier alpha value is -2.82. The maximum Gasteiger partial charge on any atom is 0.322 e. The molecule has 0 N–H and O–H groups in total. The molecule has 0 aromatic heterocycles. The lowest BCUT2D eigenvalue weighted by molar-refractivity contribution is -0.145. The van der Waals surface area contributed by atoms with Crippen LogP contribution in [0.25, 0.3) is 0 Å². The number of carbonyl (C=O) groups is 2. The molecule has 1 aliphatic rings. The van der Waals surface area contributed by atoms with E-state index >= 15 is 0 Å². The van der Waals surface area contributed by atoms with Crippen molar-refractivity contribution in [3.05, 3.63) is 59.7 Å². The summed E-state index contributed by atoms with van der Waals surface area (Å²) < 4.78 is 10.0. The number of benzene rings is 2. The van der Waals surface area contributed by atoms with Gasteiger partial charge in [0.25, 0.3) is 0 Å². The van der Waals surface area contributed by atoms with Crippen LogP contribution in [0.2, 0.25) is 0 Å². The summed E-state index contributed by atoms with van der Waals surface area (Å²) in [5.41, 5.74) is 2.52. The molecule has 0 saturated heterocycles. The largest absolute Gasteiger partial charge is 0.497 e. The number of ether oxygens (including phenoxy) is 2. The predicted octanol–water partition coefficient (Wildman–Crippen LogP) is 2.54. The van der Waals surface area contributed by atoms with Gasteiger partial charge in [0, 0.05) is 17.8 Å². The van der Waals surface area contributed by atoms with Crippen LogP contribution in [-0.4, -0.2) is 32.6 Å². The van der Waals surface area contributed by atoms with E-state index in [9.17, 15) is 9.59 Å². The zero-order valence-electron chi connectivity index (χ0n) is 13.7. The highest BCUT2D eigenvalue weighted by Gasteiger charge is 2.42. The molecule has 24 heavy (non-hydrogen) atoms. The van der Waals surface area contributed by atoms with Crippen LogP contribution in [0.1, 0.15) is 17.0 Å². The Labute approximate surface area is 140 Å². The van der Waals surface area contributed by atoms with E-state index in [4.69, 9.17) is 9.47 Å². The summed E-state index contributed by atoms with van der Waals surface area (Å²) in [5.74, 6) is -1.10. The Balaban J connectivity index is 1.91. The molecule has 2 aromatic rings. The van der Waals surface area contributed by atoms with Crippen molar-refractivity contribution in [2.75, 3.05) is 25.7 Å². The molecule has 0 aliphatic carbocycles. The Kier molecular flexibility index (Phi) is 4.51. The number of amides is 1. The molecule has 5 nitrogen and oxygen atoms in total. The summed E-state index contributed by atoms with van der Waals surface area (Å²) in [6.45, 7) is 0.510. The minimum absolute atomic E-state index is 0.249. The fourth-order valence-corrected chi connectivity index (χ4v) is 3.01. The van der Waals surface area contributed by atoms with Crippen molar-refractivity contribution in [3.63, 3.8) is 0 Å². The molecule has 0 fully saturated rings. The van der Waals surface area contributed by atoms with Crippen molar-refractivity contribution in [3.8, 4) is 5.75 Å². The number of esters is 1. The quantitative estimate of drug-likeness (QED) is 0.626. The molecule has 1 amide bonds. The first kappa shape index (κ1) is 16.1. The first-order valence-corrected chi connectivity index (χ1v) is 7.76. The van der Waals surface area contributed by atoms with Gasteiger partial charge in [-0.2, -0.15) is 0 Å². The Morgan fingerprint density at radius 2 is 1.88 bits per heavy atom. The highest BCUT2D eigenvalue weighted by atomic mass is 16.5. The molecule has 1 heterocycles. The average Bonchev–Trinajstić information content (AvgIpc) is 2.90. The lowest BCUT2D eigenvalue weighted by Gasteiger charge is -2.18. The van der Waals surface area contributed by atoms with Crippen molar-refractivity contribution in [1.29, 1.82) is 0 Å². The summed E-state index contributed by atoms with van der Waals surface area (Å²) in [7, 11) is 2.85. The summed E-state index contributed by atoms with van der Waals surface area (Å²) in [6.07, 6.45) is 0.714. The molecular formula is C19H19NO4. The molecular weight excluding hydrogens is 306 g/mol. The van der Waals surface area contributed by atoms with Gasteiger partial charge < -0.3 is 14.4 Å². The second-order valence-electron chi connectivity index (χ2n) is 5.61. The normalized spacial score (nSPS) is 16.0. The Morgan fingerprint density at radius 1 is 1.12 bits per heavy atom. The topological polar surface area (TPSA) is 55.8 Å².